The smallest absolute Gasteiger partial charge is 0.0399 e. The lowest BCUT2D eigenvalue weighted by atomic mass is 10.0. The van der Waals surface area contributed by atoms with Gasteiger partial charge in [0, 0.05) is 25.3 Å². The standard InChI is InChI=1S/C14H22N2/c1-2-9-15-10-12-16-11-5-7-13-6-3-4-8-14(13)16/h3-4,6,8,15H,2,5,7,9-12H2,1H3. The van der Waals surface area contributed by atoms with Crippen LogP contribution < -0.4 is 10.2 Å². The molecule has 0 amide bonds. The van der Waals surface area contributed by atoms with E-state index in [0.717, 1.165) is 19.6 Å². The van der Waals surface area contributed by atoms with Crippen LogP contribution >= 0.6 is 0 Å². The van der Waals surface area contributed by atoms with Crippen molar-refractivity contribution in [2.75, 3.05) is 31.1 Å². The van der Waals surface area contributed by atoms with E-state index in [0.29, 0.717) is 0 Å². The van der Waals surface area contributed by atoms with Crippen molar-refractivity contribution < 1.29 is 0 Å². The molecule has 0 saturated heterocycles. The number of nitrogens with one attached hydrogen (secondary N) is 1. The highest BCUT2D eigenvalue weighted by atomic mass is 15.1. The van der Waals surface area contributed by atoms with Gasteiger partial charge in [0.2, 0.25) is 0 Å². The Hall–Kier alpha value is -1.02. The summed E-state index contributed by atoms with van der Waals surface area (Å²) >= 11 is 0. The zero-order chi connectivity index (χ0) is 11.2. The molecule has 2 heteroatoms. The number of anilines is 1. The van der Waals surface area contributed by atoms with Crippen LogP contribution in [0.25, 0.3) is 0 Å². The molecular weight excluding hydrogens is 196 g/mol. The number of nitrogens with zero attached hydrogens (tertiary/aromatic N) is 1. The van der Waals surface area contributed by atoms with E-state index in [1.165, 1.54) is 37.1 Å². The molecule has 0 bridgehead atoms. The summed E-state index contributed by atoms with van der Waals surface area (Å²) in [5, 5.41) is 3.47. The van der Waals surface area contributed by atoms with Crippen LogP contribution in [0, 0.1) is 0 Å². The van der Waals surface area contributed by atoms with Gasteiger partial charge in [-0.15, -0.1) is 0 Å². The zero-order valence-electron chi connectivity index (χ0n) is 10.2. The lowest BCUT2D eigenvalue weighted by Gasteiger charge is -2.31. The number of para-hydroxylation sites is 1. The predicted molar refractivity (Wildman–Crippen MR) is 70.1 cm³/mol. The third-order valence-corrected chi connectivity index (χ3v) is 3.19. The number of fused-ring (bicyclic) bond motifs is 1. The highest BCUT2D eigenvalue weighted by molar-refractivity contribution is 5.55. The van der Waals surface area contributed by atoms with Crippen LogP contribution in [0.3, 0.4) is 0 Å². The summed E-state index contributed by atoms with van der Waals surface area (Å²) in [4.78, 5) is 2.52. The maximum absolute atomic E-state index is 3.47. The Bertz CT molecular complexity index is 322. The lowest BCUT2D eigenvalue weighted by Crippen LogP contribution is -2.35. The minimum absolute atomic E-state index is 1.10. The quantitative estimate of drug-likeness (QED) is 0.764. The molecule has 16 heavy (non-hydrogen) atoms. The summed E-state index contributed by atoms with van der Waals surface area (Å²) in [6, 6.07) is 8.82. The molecule has 1 heterocycles. The highest BCUT2D eigenvalue weighted by Gasteiger charge is 2.14. The van der Waals surface area contributed by atoms with Crippen LogP contribution in [0.5, 0.6) is 0 Å². The second-order valence-electron chi connectivity index (χ2n) is 4.47. The summed E-state index contributed by atoms with van der Waals surface area (Å²) in [6.07, 6.45) is 3.76. The fourth-order valence-corrected chi connectivity index (χ4v) is 2.36. The van der Waals surface area contributed by atoms with Crippen molar-refractivity contribution in [3.05, 3.63) is 29.8 Å². The van der Waals surface area contributed by atoms with E-state index in [2.05, 4.69) is 41.4 Å². The van der Waals surface area contributed by atoms with Crippen molar-refractivity contribution in [2.45, 2.75) is 26.2 Å². The summed E-state index contributed by atoms with van der Waals surface area (Å²) in [6.45, 7) is 6.79. The van der Waals surface area contributed by atoms with Crippen molar-refractivity contribution in [1.82, 2.24) is 5.32 Å². The molecule has 88 valence electrons. The van der Waals surface area contributed by atoms with Gasteiger partial charge in [-0.05, 0) is 37.4 Å². The number of hydrogen-bond acceptors (Lipinski definition) is 2. The Balaban J connectivity index is 1.91. The molecule has 0 unspecified atom stereocenters. The first-order valence-corrected chi connectivity index (χ1v) is 6.45. The molecule has 2 nitrogen and oxygen atoms in total. The minimum Gasteiger partial charge on any atom is -0.370 e. The molecule has 1 aromatic rings. The summed E-state index contributed by atoms with van der Waals surface area (Å²) in [7, 11) is 0. The van der Waals surface area contributed by atoms with Crippen molar-refractivity contribution in [3.8, 4) is 0 Å². The first-order chi connectivity index (χ1) is 7.92. The SMILES string of the molecule is CCCNCCN1CCCc2ccccc21. The van der Waals surface area contributed by atoms with E-state index in [9.17, 15) is 0 Å². The Morgan fingerprint density at radius 3 is 3.00 bits per heavy atom. The summed E-state index contributed by atoms with van der Waals surface area (Å²) in [5.41, 5.74) is 2.97. The van der Waals surface area contributed by atoms with E-state index in [1.54, 1.807) is 0 Å². The van der Waals surface area contributed by atoms with Gasteiger partial charge in [-0.3, -0.25) is 0 Å². The van der Waals surface area contributed by atoms with Gasteiger partial charge in [0.05, 0.1) is 0 Å². The Kier molecular flexibility index (Phi) is 4.23. The lowest BCUT2D eigenvalue weighted by molar-refractivity contribution is 0.625. The Morgan fingerprint density at radius 1 is 1.25 bits per heavy atom. The number of rotatable bonds is 5. The van der Waals surface area contributed by atoms with Crippen LogP contribution in [-0.2, 0) is 6.42 Å². The average molecular weight is 218 g/mol. The summed E-state index contributed by atoms with van der Waals surface area (Å²) < 4.78 is 0. The molecule has 1 aromatic carbocycles. The second kappa shape index (κ2) is 5.90. The third kappa shape index (κ3) is 2.76. The van der Waals surface area contributed by atoms with Gasteiger partial charge in [-0.25, -0.2) is 0 Å². The molecule has 0 radical (unpaired) electrons. The molecule has 1 N–H and O–H groups in total. The Labute approximate surface area is 98.7 Å². The maximum Gasteiger partial charge on any atom is 0.0399 e. The first kappa shape index (κ1) is 11.5. The van der Waals surface area contributed by atoms with Gasteiger partial charge >= 0.3 is 0 Å². The van der Waals surface area contributed by atoms with Crippen molar-refractivity contribution in [2.24, 2.45) is 0 Å². The van der Waals surface area contributed by atoms with Crippen molar-refractivity contribution >= 4 is 5.69 Å². The Morgan fingerprint density at radius 2 is 2.12 bits per heavy atom. The number of aryl methyl sites for hydroxylation is 1. The molecule has 0 fully saturated rings. The molecular formula is C14H22N2. The molecule has 0 saturated carbocycles. The molecule has 0 aliphatic carbocycles. The minimum atomic E-state index is 1.10. The highest BCUT2D eigenvalue weighted by Crippen LogP contribution is 2.25. The molecule has 2 rings (SSSR count). The van der Waals surface area contributed by atoms with E-state index in [-0.39, 0.29) is 0 Å². The monoisotopic (exact) mass is 218 g/mol. The van der Waals surface area contributed by atoms with E-state index in [1.807, 2.05) is 0 Å². The maximum atomic E-state index is 3.47. The van der Waals surface area contributed by atoms with Crippen LogP contribution in [0.2, 0.25) is 0 Å². The van der Waals surface area contributed by atoms with Gasteiger partial charge in [-0.2, -0.15) is 0 Å². The molecule has 0 atom stereocenters. The van der Waals surface area contributed by atoms with Crippen LogP contribution in [-0.4, -0.2) is 26.2 Å². The average Bonchev–Trinajstić information content (AvgIpc) is 2.35. The van der Waals surface area contributed by atoms with Gasteiger partial charge in [-0.1, -0.05) is 25.1 Å². The first-order valence-electron chi connectivity index (χ1n) is 6.45. The normalized spacial score (nSPS) is 14.9. The van der Waals surface area contributed by atoms with E-state index >= 15 is 0 Å². The van der Waals surface area contributed by atoms with Gasteiger partial charge in [0.25, 0.3) is 0 Å². The fraction of sp³-hybridized carbons (Fsp3) is 0.571. The third-order valence-electron chi connectivity index (χ3n) is 3.19. The van der Waals surface area contributed by atoms with E-state index < -0.39 is 0 Å². The number of hydrogen-bond donors (Lipinski definition) is 1. The predicted octanol–water partition coefficient (Wildman–Crippen LogP) is 2.44. The molecule has 0 spiro atoms. The largest absolute Gasteiger partial charge is 0.370 e. The van der Waals surface area contributed by atoms with Crippen molar-refractivity contribution in [3.63, 3.8) is 0 Å². The van der Waals surface area contributed by atoms with Crippen LogP contribution in [0.15, 0.2) is 24.3 Å². The molecule has 1 aliphatic rings. The number of benzene rings is 1. The topological polar surface area (TPSA) is 15.3 Å². The van der Waals surface area contributed by atoms with Crippen LogP contribution in [0.1, 0.15) is 25.3 Å². The van der Waals surface area contributed by atoms with Gasteiger partial charge in [0.1, 0.15) is 0 Å². The van der Waals surface area contributed by atoms with Gasteiger partial charge < -0.3 is 10.2 Å². The zero-order valence-corrected chi connectivity index (χ0v) is 10.2. The second-order valence-corrected chi connectivity index (χ2v) is 4.47. The fourth-order valence-electron chi connectivity index (χ4n) is 2.36. The van der Waals surface area contributed by atoms with Crippen LogP contribution in [0.4, 0.5) is 5.69 Å². The molecule has 1 aliphatic heterocycles. The van der Waals surface area contributed by atoms with Crippen molar-refractivity contribution in [1.29, 1.82) is 0 Å². The molecule has 0 aromatic heterocycles. The van der Waals surface area contributed by atoms with E-state index in [4.69, 9.17) is 0 Å². The summed E-state index contributed by atoms with van der Waals surface area (Å²) in [5.74, 6) is 0. The van der Waals surface area contributed by atoms with Gasteiger partial charge in [0.15, 0.2) is 0 Å².